The van der Waals surface area contributed by atoms with Gasteiger partial charge in [0, 0.05) is 23.8 Å². The fraction of sp³-hybridized carbons (Fsp3) is 0.0769. The zero-order valence-electron chi connectivity index (χ0n) is 18.3. The van der Waals surface area contributed by atoms with Gasteiger partial charge in [-0.05, 0) is 48.7 Å². The molecule has 1 atom stereocenters. The average Bonchev–Trinajstić information content (AvgIpc) is 2.85. The van der Waals surface area contributed by atoms with Gasteiger partial charge in [0.15, 0.2) is 0 Å². The van der Waals surface area contributed by atoms with Crippen LogP contribution in [-0.2, 0) is 0 Å². The van der Waals surface area contributed by atoms with E-state index in [1.54, 1.807) is 23.0 Å². The van der Waals surface area contributed by atoms with Crippen molar-refractivity contribution < 1.29 is 0 Å². The number of anilines is 2. The molecule has 0 fully saturated rings. The lowest BCUT2D eigenvalue weighted by molar-refractivity contribution is 0.773. The van der Waals surface area contributed by atoms with E-state index >= 15 is 0 Å². The lowest BCUT2D eigenvalue weighted by Gasteiger charge is -2.22. The van der Waals surface area contributed by atoms with E-state index in [1.807, 2.05) is 73.7 Å². The zero-order valence-corrected chi connectivity index (χ0v) is 19.1. The molecule has 3 N–H and O–H groups in total. The molecule has 0 spiro atoms. The Morgan fingerprint density at radius 1 is 1.00 bits per heavy atom. The van der Waals surface area contributed by atoms with Crippen molar-refractivity contribution in [2.45, 2.75) is 13.0 Å². The van der Waals surface area contributed by atoms with Crippen LogP contribution in [0.25, 0.3) is 27.7 Å². The standard InChI is InChI=1S/C26H21ClN6O/c1-16(31-24-19(15-30-26(28)32-24)21-12-5-6-13-29-21)22-14-17-8-7-11-20(27)23(17)25(34)33(22)18-9-3-2-4-10-18/h2-16H,1H3,(H3,28,30,31,32)/t16-/m0/s1. The maximum absolute atomic E-state index is 13.7. The highest BCUT2D eigenvalue weighted by Crippen LogP contribution is 2.30. The lowest BCUT2D eigenvalue weighted by atomic mass is 10.1. The van der Waals surface area contributed by atoms with E-state index in [0.717, 1.165) is 16.8 Å². The zero-order chi connectivity index (χ0) is 23.7. The van der Waals surface area contributed by atoms with Crippen LogP contribution in [0.3, 0.4) is 0 Å². The minimum Gasteiger partial charge on any atom is -0.368 e. The number of benzene rings is 2. The van der Waals surface area contributed by atoms with E-state index in [-0.39, 0.29) is 17.5 Å². The van der Waals surface area contributed by atoms with Crippen LogP contribution >= 0.6 is 11.6 Å². The number of pyridine rings is 2. The number of halogens is 1. The number of hydrogen-bond donors (Lipinski definition) is 2. The summed E-state index contributed by atoms with van der Waals surface area (Å²) in [7, 11) is 0. The van der Waals surface area contributed by atoms with Crippen LogP contribution in [0.4, 0.5) is 11.8 Å². The predicted molar refractivity (Wildman–Crippen MR) is 136 cm³/mol. The van der Waals surface area contributed by atoms with E-state index < -0.39 is 0 Å². The largest absolute Gasteiger partial charge is 0.368 e. The third-order valence-electron chi connectivity index (χ3n) is 5.58. The maximum Gasteiger partial charge on any atom is 0.264 e. The van der Waals surface area contributed by atoms with Crippen LogP contribution in [0.15, 0.2) is 90.0 Å². The molecule has 0 saturated heterocycles. The second-order valence-corrected chi connectivity index (χ2v) is 8.23. The molecule has 0 aliphatic heterocycles. The van der Waals surface area contributed by atoms with Crippen molar-refractivity contribution in [1.29, 1.82) is 0 Å². The van der Waals surface area contributed by atoms with Crippen LogP contribution in [0, 0.1) is 0 Å². The molecule has 0 unspecified atom stereocenters. The monoisotopic (exact) mass is 468 g/mol. The number of nitrogens with zero attached hydrogens (tertiary/aromatic N) is 4. The van der Waals surface area contributed by atoms with E-state index in [0.29, 0.717) is 27.5 Å². The molecule has 3 aromatic heterocycles. The van der Waals surface area contributed by atoms with E-state index in [2.05, 4.69) is 20.3 Å². The number of rotatable bonds is 5. The summed E-state index contributed by atoms with van der Waals surface area (Å²) < 4.78 is 1.68. The first kappa shape index (κ1) is 21.6. The van der Waals surface area contributed by atoms with Crippen LogP contribution in [0.1, 0.15) is 18.7 Å². The van der Waals surface area contributed by atoms with Crippen molar-refractivity contribution in [3.63, 3.8) is 0 Å². The quantitative estimate of drug-likeness (QED) is 0.365. The van der Waals surface area contributed by atoms with Gasteiger partial charge >= 0.3 is 0 Å². The summed E-state index contributed by atoms with van der Waals surface area (Å²) in [5, 5.41) is 5.08. The van der Waals surface area contributed by atoms with E-state index in [9.17, 15) is 4.79 Å². The summed E-state index contributed by atoms with van der Waals surface area (Å²) in [6.45, 7) is 1.96. The van der Waals surface area contributed by atoms with E-state index in [4.69, 9.17) is 17.3 Å². The van der Waals surface area contributed by atoms with Crippen molar-refractivity contribution in [2.24, 2.45) is 0 Å². The molecular weight excluding hydrogens is 448 g/mol. The second-order valence-electron chi connectivity index (χ2n) is 7.82. The predicted octanol–water partition coefficient (Wildman–Crippen LogP) is 5.25. The molecule has 8 heteroatoms. The molecule has 0 aliphatic rings. The van der Waals surface area contributed by atoms with E-state index in [1.165, 1.54) is 0 Å². The Labute approximate surface area is 200 Å². The van der Waals surface area contributed by atoms with Crippen molar-refractivity contribution in [1.82, 2.24) is 19.5 Å². The van der Waals surface area contributed by atoms with Gasteiger partial charge in [-0.3, -0.25) is 14.3 Å². The lowest BCUT2D eigenvalue weighted by Crippen LogP contribution is -2.26. The van der Waals surface area contributed by atoms with Crippen LogP contribution in [0.2, 0.25) is 5.02 Å². The number of nitrogen functional groups attached to an aromatic ring is 1. The fourth-order valence-corrected chi connectivity index (χ4v) is 4.26. The molecular formula is C26H21ClN6O. The highest BCUT2D eigenvalue weighted by Gasteiger charge is 2.20. The molecule has 0 aliphatic carbocycles. The topological polar surface area (TPSA) is 98.7 Å². The van der Waals surface area contributed by atoms with Crippen LogP contribution in [-0.4, -0.2) is 19.5 Å². The first-order chi connectivity index (χ1) is 16.5. The van der Waals surface area contributed by atoms with Gasteiger partial charge in [0.2, 0.25) is 5.95 Å². The first-order valence-electron chi connectivity index (χ1n) is 10.7. The van der Waals surface area contributed by atoms with Gasteiger partial charge in [0.05, 0.1) is 27.7 Å². The number of nitrogens with one attached hydrogen (secondary N) is 1. The van der Waals surface area contributed by atoms with Crippen LogP contribution in [0.5, 0.6) is 0 Å². The first-order valence-corrected chi connectivity index (χ1v) is 11.1. The highest BCUT2D eigenvalue weighted by atomic mass is 35.5. The normalized spacial score (nSPS) is 11.9. The van der Waals surface area contributed by atoms with Gasteiger partial charge in [0.25, 0.3) is 5.56 Å². The summed E-state index contributed by atoms with van der Waals surface area (Å²) in [5.74, 6) is 0.664. The van der Waals surface area contributed by atoms with Crippen LogP contribution < -0.4 is 16.6 Å². The molecule has 0 bridgehead atoms. The number of nitrogens with two attached hydrogens (primary N) is 1. The minimum absolute atomic E-state index is 0.139. The molecule has 5 rings (SSSR count). The van der Waals surface area contributed by atoms with Crippen molar-refractivity contribution >= 4 is 34.1 Å². The summed E-state index contributed by atoms with van der Waals surface area (Å²) in [6.07, 6.45) is 3.35. The average molecular weight is 469 g/mol. The van der Waals surface area contributed by atoms with Gasteiger partial charge in [-0.2, -0.15) is 4.98 Å². The number of aromatic nitrogens is 4. The summed E-state index contributed by atoms with van der Waals surface area (Å²) >= 11 is 6.42. The molecule has 0 saturated carbocycles. The molecule has 0 radical (unpaired) electrons. The number of fused-ring (bicyclic) bond motifs is 1. The molecule has 3 heterocycles. The Balaban J connectivity index is 1.68. The summed E-state index contributed by atoms with van der Waals surface area (Å²) in [5.41, 5.74) is 8.62. The Morgan fingerprint density at radius 3 is 2.56 bits per heavy atom. The SMILES string of the molecule is C[C@H](Nc1nc(N)ncc1-c1ccccn1)c1cc2cccc(Cl)c2c(=O)n1-c1ccccc1. The Bertz CT molecular complexity index is 1540. The van der Waals surface area contributed by atoms with Gasteiger partial charge in [-0.25, -0.2) is 4.98 Å². The Kier molecular flexibility index (Phi) is 5.69. The van der Waals surface area contributed by atoms with Crippen molar-refractivity contribution in [3.05, 3.63) is 106 Å². The van der Waals surface area contributed by atoms with Gasteiger partial charge in [-0.1, -0.05) is 48.0 Å². The fourth-order valence-electron chi connectivity index (χ4n) is 4.00. The molecule has 34 heavy (non-hydrogen) atoms. The van der Waals surface area contributed by atoms with Crippen molar-refractivity contribution in [3.8, 4) is 16.9 Å². The number of para-hydroxylation sites is 1. The van der Waals surface area contributed by atoms with Gasteiger partial charge < -0.3 is 11.1 Å². The van der Waals surface area contributed by atoms with Gasteiger partial charge in [0.1, 0.15) is 5.82 Å². The molecule has 5 aromatic rings. The minimum atomic E-state index is -0.326. The maximum atomic E-state index is 13.7. The molecule has 7 nitrogen and oxygen atoms in total. The van der Waals surface area contributed by atoms with Crippen molar-refractivity contribution in [2.75, 3.05) is 11.1 Å². The Morgan fingerprint density at radius 2 is 1.79 bits per heavy atom. The second kappa shape index (κ2) is 8.96. The summed E-state index contributed by atoms with van der Waals surface area (Å²) in [6, 6.07) is 22.2. The van der Waals surface area contributed by atoms with Gasteiger partial charge in [-0.15, -0.1) is 0 Å². The third kappa shape index (κ3) is 3.97. The highest BCUT2D eigenvalue weighted by molar-refractivity contribution is 6.35. The Hall–Kier alpha value is -4.23. The smallest absolute Gasteiger partial charge is 0.264 e. The molecule has 168 valence electrons. The third-order valence-corrected chi connectivity index (χ3v) is 5.90. The number of hydrogen-bond acceptors (Lipinski definition) is 6. The molecule has 2 aromatic carbocycles. The molecule has 0 amide bonds. The summed E-state index contributed by atoms with van der Waals surface area (Å²) in [4.78, 5) is 26.6.